The van der Waals surface area contributed by atoms with Gasteiger partial charge in [-0.1, -0.05) is 55.8 Å². The van der Waals surface area contributed by atoms with Crippen LogP contribution in [0.5, 0.6) is 0 Å². The second kappa shape index (κ2) is 12.7. The number of hydrogen-bond donors (Lipinski definition) is 1. The number of benzene rings is 2. The van der Waals surface area contributed by atoms with E-state index in [1.807, 2.05) is 52.0 Å². The fourth-order valence-corrected chi connectivity index (χ4v) is 4.59. The predicted molar refractivity (Wildman–Crippen MR) is 142 cm³/mol. The zero-order chi connectivity index (χ0) is 27.0. The third-order valence-electron chi connectivity index (χ3n) is 6.08. The SMILES string of the molecule is CC[C@@H](C)NC(=O)[C@@H](CC)N(Cc1ccc(C)cc1)C(=O)CN(c1cccc(C(C)=O)c1)S(C)(=O)=O. The number of aryl methyl sites for hydroxylation is 1. The summed E-state index contributed by atoms with van der Waals surface area (Å²) in [6.07, 6.45) is 2.11. The second-order valence-electron chi connectivity index (χ2n) is 9.13. The lowest BCUT2D eigenvalue weighted by Crippen LogP contribution is -2.53. The van der Waals surface area contributed by atoms with Crippen molar-refractivity contribution in [3.8, 4) is 0 Å². The Morgan fingerprint density at radius 3 is 2.17 bits per heavy atom. The molecule has 0 saturated carbocycles. The minimum Gasteiger partial charge on any atom is -0.352 e. The Hall–Kier alpha value is -3.20. The van der Waals surface area contributed by atoms with E-state index in [1.165, 1.54) is 24.0 Å². The summed E-state index contributed by atoms with van der Waals surface area (Å²) in [6, 6.07) is 12.9. The highest BCUT2D eigenvalue weighted by Crippen LogP contribution is 2.21. The van der Waals surface area contributed by atoms with Crippen LogP contribution in [0.4, 0.5) is 5.69 Å². The van der Waals surface area contributed by atoms with E-state index in [9.17, 15) is 22.8 Å². The molecule has 0 bridgehead atoms. The lowest BCUT2D eigenvalue weighted by atomic mass is 10.1. The number of rotatable bonds is 12. The Balaban J connectivity index is 2.47. The van der Waals surface area contributed by atoms with E-state index in [0.717, 1.165) is 28.1 Å². The van der Waals surface area contributed by atoms with Crippen molar-refractivity contribution in [2.24, 2.45) is 0 Å². The first-order valence-electron chi connectivity index (χ1n) is 12.1. The molecule has 0 saturated heterocycles. The first-order valence-corrected chi connectivity index (χ1v) is 14.0. The summed E-state index contributed by atoms with van der Waals surface area (Å²) in [5, 5.41) is 2.94. The molecule has 0 unspecified atom stereocenters. The van der Waals surface area contributed by atoms with Gasteiger partial charge in [0.2, 0.25) is 21.8 Å². The summed E-state index contributed by atoms with van der Waals surface area (Å²) in [4.78, 5) is 40.1. The molecule has 0 heterocycles. The number of sulfonamides is 1. The average Bonchev–Trinajstić information content (AvgIpc) is 2.82. The van der Waals surface area contributed by atoms with E-state index >= 15 is 0 Å². The minimum atomic E-state index is -3.87. The molecular formula is C27H37N3O5S. The van der Waals surface area contributed by atoms with Gasteiger partial charge in [0, 0.05) is 18.2 Å². The molecule has 2 aromatic carbocycles. The van der Waals surface area contributed by atoms with Gasteiger partial charge in [0.1, 0.15) is 12.6 Å². The second-order valence-corrected chi connectivity index (χ2v) is 11.0. The van der Waals surface area contributed by atoms with Crippen LogP contribution in [0, 0.1) is 6.92 Å². The summed E-state index contributed by atoms with van der Waals surface area (Å²) in [6.45, 7) is 8.67. The van der Waals surface area contributed by atoms with Crippen molar-refractivity contribution < 1.29 is 22.8 Å². The molecule has 0 aromatic heterocycles. The maximum absolute atomic E-state index is 13.7. The number of nitrogens with zero attached hydrogens (tertiary/aromatic N) is 2. The smallest absolute Gasteiger partial charge is 0.244 e. The molecule has 0 fully saturated rings. The van der Waals surface area contributed by atoms with Crippen LogP contribution in [-0.4, -0.2) is 55.8 Å². The highest BCUT2D eigenvalue weighted by Gasteiger charge is 2.32. The van der Waals surface area contributed by atoms with Crippen LogP contribution in [0.25, 0.3) is 0 Å². The van der Waals surface area contributed by atoms with E-state index in [-0.39, 0.29) is 30.0 Å². The van der Waals surface area contributed by atoms with E-state index in [1.54, 1.807) is 12.1 Å². The molecule has 0 aliphatic carbocycles. The van der Waals surface area contributed by atoms with Crippen molar-refractivity contribution in [2.75, 3.05) is 17.1 Å². The van der Waals surface area contributed by atoms with Crippen LogP contribution >= 0.6 is 0 Å². The number of anilines is 1. The molecule has 0 aliphatic rings. The lowest BCUT2D eigenvalue weighted by molar-refractivity contribution is -0.140. The summed E-state index contributed by atoms with van der Waals surface area (Å²) in [5.41, 5.74) is 2.44. The van der Waals surface area contributed by atoms with E-state index < -0.39 is 28.5 Å². The average molecular weight is 516 g/mol. The topological polar surface area (TPSA) is 104 Å². The molecule has 8 nitrogen and oxygen atoms in total. The monoisotopic (exact) mass is 515 g/mol. The Labute approximate surface area is 214 Å². The maximum Gasteiger partial charge on any atom is 0.244 e. The Morgan fingerprint density at radius 2 is 1.64 bits per heavy atom. The molecule has 2 aromatic rings. The molecule has 0 spiro atoms. The summed E-state index contributed by atoms with van der Waals surface area (Å²) >= 11 is 0. The lowest BCUT2D eigenvalue weighted by Gasteiger charge is -2.33. The third kappa shape index (κ3) is 7.91. The minimum absolute atomic E-state index is 0.0651. The fourth-order valence-electron chi connectivity index (χ4n) is 3.74. The number of carbonyl (C=O) groups excluding carboxylic acids is 3. The maximum atomic E-state index is 13.7. The Kier molecular flexibility index (Phi) is 10.2. The largest absolute Gasteiger partial charge is 0.352 e. The van der Waals surface area contributed by atoms with Crippen LogP contribution < -0.4 is 9.62 Å². The van der Waals surface area contributed by atoms with Gasteiger partial charge in [-0.3, -0.25) is 18.7 Å². The van der Waals surface area contributed by atoms with Gasteiger partial charge in [0.25, 0.3) is 0 Å². The van der Waals surface area contributed by atoms with Crippen molar-refractivity contribution in [2.45, 2.75) is 66.1 Å². The van der Waals surface area contributed by atoms with Crippen molar-refractivity contribution >= 4 is 33.3 Å². The highest BCUT2D eigenvalue weighted by molar-refractivity contribution is 7.92. The van der Waals surface area contributed by atoms with Crippen LogP contribution in [0.15, 0.2) is 48.5 Å². The number of nitrogens with one attached hydrogen (secondary N) is 1. The predicted octanol–water partition coefficient (Wildman–Crippen LogP) is 3.69. The van der Waals surface area contributed by atoms with Gasteiger partial charge in [0.15, 0.2) is 5.78 Å². The van der Waals surface area contributed by atoms with Gasteiger partial charge in [0.05, 0.1) is 11.9 Å². The van der Waals surface area contributed by atoms with E-state index in [2.05, 4.69) is 5.32 Å². The first-order chi connectivity index (χ1) is 16.9. The molecule has 196 valence electrons. The number of amides is 2. The highest BCUT2D eigenvalue weighted by atomic mass is 32.2. The number of hydrogen-bond acceptors (Lipinski definition) is 5. The molecule has 0 aliphatic heterocycles. The molecule has 2 rings (SSSR count). The summed E-state index contributed by atoms with van der Waals surface area (Å²) in [7, 11) is -3.87. The summed E-state index contributed by atoms with van der Waals surface area (Å²) < 4.78 is 26.4. The number of ketones is 1. The third-order valence-corrected chi connectivity index (χ3v) is 7.22. The van der Waals surface area contributed by atoms with E-state index in [0.29, 0.717) is 12.0 Å². The van der Waals surface area contributed by atoms with Gasteiger partial charge in [-0.05, 0) is 51.3 Å². The van der Waals surface area contributed by atoms with Gasteiger partial charge in [-0.2, -0.15) is 0 Å². The zero-order valence-electron chi connectivity index (χ0n) is 21.9. The van der Waals surface area contributed by atoms with Gasteiger partial charge >= 0.3 is 0 Å². The molecule has 9 heteroatoms. The molecule has 36 heavy (non-hydrogen) atoms. The van der Waals surface area contributed by atoms with Crippen LogP contribution in [-0.2, 0) is 26.2 Å². The van der Waals surface area contributed by atoms with Crippen LogP contribution in [0.3, 0.4) is 0 Å². The molecule has 0 radical (unpaired) electrons. The van der Waals surface area contributed by atoms with Crippen LogP contribution in [0.2, 0.25) is 0 Å². The van der Waals surface area contributed by atoms with Crippen molar-refractivity contribution in [3.05, 3.63) is 65.2 Å². The zero-order valence-corrected chi connectivity index (χ0v) is 22.8. The molecule has 1 N–H and O–H groups in total. The van der Waals surface area contributed by atoms with Gasteiger partial charge < -0.3 is 10.2 Å². The Morgan fingerprint density at radius 1 is 1.00 bits per heavy atom. The van der Waals surface area contributed by atoms with Gasteiger partial charge in [-0.15, -0.1) is 0 Å². The Bertz CT molecular complexity index is 1180. The fraction of sp³-hybridized carbons (Fsp3) is 0.444. The van der Waals surface area contributed by atoms with Crippen LogP contribution in [0.1, 0.15) is 62.0 Å². The van der Waals surface area contributed by atoms with Crippen molar-refractivity contribution in [3.63, 3.8) is 0 Å². The number of Topliss-reactive ketones (excluding diaryl/α,β-unsaturated/α-hetero) is 1. The molecule has 2 amide bonds. The molecular weight excluding hydrogens is 478 g/mol. The summed E-state index contributed by atoms with van der Waals surface area (Å²) in [5.74, 6) is -1.01. The quantitative estimate of drug-likeness (QED) is 0.434. The first kappa shape index (κ1) is 29.0. The number of carbonyl (C=O) groups is 3. The van der Waals surface area contributed by atoms with Crippen molar-refractivity contribution in [1.29, 1.82) is 0 Å². The van der Waals surface area contributed by atoms with E-state index in [4.69, 9.17) is 0 Å². The molecule has 2 atom stereocenters. The standard InChI is InChI=1S/C27H37N3O5S/c1-7-20(4)28-27(33)25(8-2)29(17-22-14-12-19(3)13-15-22)26(32)18-30(36(6,34)35)24-11-9-10-23(16-24)21(5)31/h9-16,20,25H,7-8,17-18H2,1-6H3,(H,28,33)/t20-,25-/m1/s1. The normalized spacial score (nSPS) is 12.9. The van der Waals surface area contributed by atoms with Gasteiger partial charge in [-0.25, -0.2) is 8.42 Å². The van der Waals surface area contributed by atoms with Crippen molar-refractivity contribution in [1.82, 2.24) is 10.2 Å².